The predicted octanol–water partition coefficient (Wildman–Crippen LogP) is 5.15. The molecule has 1 aliphatic rings. The van der Waals surface area contributed by atoms with E-state index in [1.807, 2.05) is 17.0 Å². The summed E-state index contributed by atoms with van der Waals surface area (Å²) in [6.45, 7) is 0.761. The molecule has 0 radical (unpaired) electrons. The van der Waals surface area contributed by atoms with Gasteiger partial charge in [-0.15, -0.1) is 10.2 Å². The van der Waals surface area contributed by atoms with E-state index in [1.165, 1.54) is 4.90 Å². The van der Waals surface area contributed by atoms with Gasteiger partial charge in [0.05, 0.1) is 23.9 Å². The van der Waals surface area contributed by atoms with Crippen molar-refractivity contribution >= 4 is 11.7 Å². The second-order valence-corrected chi connectivity index (χ2v) is 8.08. The Bertz CT molecular complexity index is 1190. The van der Waals surface area contributed by atoms with E-state index in [-0.39, 0.29) is 32.2 Å². The van der Waals surface area contributed by atoms with E-state index in [1.54, 1.807) is 31.4 Å². The van der Waals surface area contributed by atoms with E-state index in [2.05, 4.69) is 10.2 Å². The quantitative estimate of drug-likeness (QED) is 0.455. The summed E-state index contributed by atoms with van der Waals surface area (Å²) >= 11 is 0. The first-order valence-electron chi connectivity index (χ1n) is 10.8. The van der Waals surface area contributed by atoms with Crippen molar-refractivity contribution in [1.82, 2.24) is 15.1 Å². The molecule has 1 saturated heterocycles. The Morgan fingerprint density at radius 2 is 1.39 bits per heavy atom. The van der Waals surface area contributed by atoms with E-state index >= 15 is 0 Å². The summed E-state index contributed by atoms with van der Waals surface area (Å²) in [5, 5.41) is 8.44. The SMILES string of the molecule is COc1ccc(-c2ccc(N3CCN(C(=O)c4cc(C(F)(F)F)cc(C(F)(F)F)c4)CC3)nn2)cc1. The standard InChI is InChI=1S/C24H20F6N4O2/c1-36-19-4-2-15(3-5-19)20-6-7-21(32-31-20)33-8-10-34(11-9-33)22(35)16-12-17(23(25,26)27)14-18(13-16)24(28,29)30/h2-7,12-14H,8-11H2,1H3. The number of aromatic nitrogens is 2. The van der Waals surface area contributed by atoms with Crippen LogP contribution < -0.4 is 9.64 Å². The van der Waals surface area contributed by atoms with E-state index in [4.69, 9.17) is 4.74 Å². The average Bonchev–Trinajstić information content (AvgIpc) is 2.87. The summed E-state index contributed by atoms with van der Waals surface area (Å²) < 4.78 is 83.9. The zero-order valence-corrected chi connectivity index (χ0v) is 18.9. The molecule has 0 aliphatic carbocycles. The number of benzene rings is 2. The van der Waals surface area contributed by atoms with Crippen molar-refractivity contribution < 1.29 is 35.9 Å². The van der Waals surface area contributed by atoms with Crippen molar-refractivity contribution in [2.45, 2.75) is 12.4 Å². The summed E-state index contributed by atoms with van der Waals surface area (Å²) in [6.07, 6.45) is -10.0. The highest BCUT2D eigenvalue weighted by Gasteiger charge is 2.38. The molecular weight excluding hydrogens is 490 g/mol. The summed E-state index contributed by atoms with van der Waals surface area (Å²) in [4.78, 5) is 15.8. The van der Waals surface area contributed by atoms with Crippen LogP contribution in [0.4, 0.5) is 32.2 Å². The first kappa shape index (κ1) is 25.3. The molecule has 3 aromatic rings. The first-order valence-corrected chi connectivity index (χ1v) is 10.8. The number of carbonyl (C=O) groups excluding carboxylic acids is 1. The van der Waals surface area contributed by atoms with Crippen molar-refractivity contribution in [1.29, 1.82) is 0 Å². The maximum Gasteiger partial charge on any atom is 0.416 e. The first-order chi connectivity index (χ1) is 17.0. The number of amides is 1. The Hall–Kier alpha value is -3.83. The molecule has 1 fully saturated rings. The minimum absolute atomic E-state index is 0.00297. The van der Waals surface area contributed by atoms with E-state index < -0.39 is 35.0 Å². The van der Waals surface area contributed by atoms with Crippen LogP contribution in [0, 0.1) is 0 Å². The summed E-state index contributed by atoms with van der Waals surface area (Å²) in [6, 6.07) is 11.7. The number of anilines is 1. The van der Waals surface area contributed by atoms with Gasteiger partial charge in [0.2, 0.25) is 0 Å². The number of hydrogen-bond acceptors (Lipinski definition) is 5. The van der Waals surface area contributed by atoms with E-state index in [0.29, 0.717) is 29.4 Å². The van der Waals surface area contributed by atoms with Crippen LogP contribution in [0.3, 0.4) is 0 Å². The molecule has 1 amide bonds. The highest BCUT2D eigenvalue weighted by Crippen LogP contribution is 2.36. The number of carbonyl (C=O) groups is 1. The minimum atomic E-state index is -5.02. The Morgan fingerprint density at radius 3 is 1.86 bits per heavy atom. The fourth-order valence-electron chi connectivity index (χ4n) is 3.81. The molecule has 36 heavy (non-hydrogen) atoms. The third kappa shape index (κ3) is 5.52. The van der Waals surface area contributed by atoms with Crippen LogP contribution in [0.25, 0.3) is 11.3 Å². The van der Waals surface area contributed by atoms with Crippen LogP contribution in [0.1, 0.15) is 21.5 Å². The lowest BCUT2D eigenvalue weighted by Gasteiger charge is -2.35. The normalized spacial score (nSPS) is 14.6. The molecule has 0 saturated carbocycles. The van der Waals surface area contributed by atoms with Crippen molar-refractivity contribution in [3.05, 3.63) is 71.3 Å². The van der Waals surface area contributed by atoms with Gasteiger partial charge in [-0.2, -0.15) is 26.3 Å². The number of alkyl halides is 6. The molecule has 0 bridgehead atoms. The number of hydrogen-bond donors (Lipinski definition) is 0. The third-order valence-electron chi connectivity index (χ3n) is 5.76. The van der Waals surface area contributed by atoms with Crippen molar-refractivity contribution in [3.63, 3.8) is 0 Å². The summed E-state index contributed by atoms with van der Waals surface area (Å²) in [7, 11) is 1.57. The summed E-state index contributed by atoms with van der Waals surface area (Å²) in [5.74, 6) is 0.348. The zero-order valence-electron chi connectivity index (χ0n) is 18.9. The Kier molecular flexibility index (Phi) is 6.79. The molecule has 0 spiro atoms. The smallest absolute Gasteiger partial charge is 0.416 e. The lowest BCUT2D eigenvalue weighted by molar-refractivity contribution is -0.143. The molecule has 4 rings (SSSR count). The minimum Gasteiger partial charge on any atom is -0.497 e. The molecule has 0 N–H and O–H groups in total. The Morgan fingerprint density at radius 1 is 0.806 bits per heavy atom. The third-order valence-corrected chi connectivity index (χ3v) is 5.76. The van der Waals surface area contributed by atoms with Gasteiger partial charge in [-0.05, 0) is 54.6 Å². The topological polar surface area (TPSA) is 58.6 Å². The molecular formula is C24H20F6N4O2. The number of piperazine rings is 1. The summed E-state index contributed by atoms with van der Waals surface area (Å²) in [5.41, 5.74) is -2.22. The molecule has 6 nitrogen and oxygen atoms in total. The Balaban J connectivity index is 1.45. The molecule has 1 aromatic heterocycles. The molecule has 1 aliphatic heterocycles. The van der Waals surface area contributed by atoms with Crippen molar-refractivity contribution in [2.75, 3.05) is 38.2 Å². The highest BCUT2D eigenvalue weighted by atomic mass is 19.4. The van der Waals surface area contributed by atoms with Crippen LogP contribution in [0.2, 0.25) is 0 Å². The van der Waals surface area contributed by atoms with Crippen LogP contribution in [0.15, 0.2) is 54.6 Å². The van der Waals surface area contributed by atoms with Crippen LogP contribution in [-0.2, 0) is 12.4 Å². The van der Waals surface area contributed by atoms with Crippen molar-refractivity contribution in [3.8, 4) is 17.0 Å². The van der Waals surface area contributed by atoms with Crippen LogP contribution >= 0.6 is 0 Å². The lowest BCUT2D eigenvalue weighted by atomic mass is 10.0. The van der Waals surface area contributed by atoms with Gasteiger partial charge in [0.1, 0.15) is 5.75 Å². The zero-order chi connectivity index (χ0) is 26.1. The maximum absolute atomic E-state index is 13.1. The van der Waals surface area contributed by atoms with Crippen LogP contribution in [0.5, 0.6) is 5.75 Å². The molecule has 2 heterocycles. The largest absolute Gasteiger partial charge is 0.497 e. The van der Waals surface area contributed by atoms with Gasteiger partial charge < -0.3 is 14.5 Å². The van der Waals surface area contributed by atoms with E-state index in [0.717, 1.165) is 5.56 Å². The second kappa shape index (κ2) is 9.67. The predicted molar refractivity (Wildman–Crippen MR) is 119 cm³/mol. The van der Waals surface area contributed by atoms with Gasteiger partial charge in [-0.1, -0.05) is 0 Å². The molecule has 0 unspecified atom stereocenters. The van der Waals surface area contributed by atoms with Crippen LogP contribution in [-0.4, -0.2) is 54.3 Å². The molecule has 2 aromatic carbocycles. The Labute approximate surface area is 202 Å². The fourth-order valence-corrected chi connectivity index (χ4v) is 3.81. The maximum atomic E-state index is 13.1. The van der Waals surface area contributed by atoms with Gasteiger partial charge in [0.25, 0.3) is 5.91 Å². The van der Waals surface area contributed by atoms with Gasteiger partial charge in [0.15, 0.2) is 5.82 Å². The molecule has 0 atom stereocenters. The van der Waals surface area contributed by atoms with Crippen molar-refractivity contribution in [2.24, 2.45) is 0 Å². The average molecular weight is 510 g/mol. The number of rotatable bonds is 4. The monoisotopic (exact) mass is 510 g/mol. The molecule has 12 heteroatoms. The van der Waals surface area contributed by atoms with E-state index in [9.17, 15) is 31.1 Å². The number of nitrogens with zero attached hydrogens (tertiary/aromatic N) is 4. The van der Waals surface area contributed by atoms with Gasteiger partial charge in [-0.25, -0.2) is 0 Å². The number of halogens is 6. The number of ether oxygens (including phenoxy) is 1. The number of methoxy groups -OCH3 is 1. The van der Waals surface area contributed by atoms with Gasteiger partial charge >= 0.3 is 12.4 Å². The molecule has 190 valence electrons. The highest BCUT2D eigenvalue weighted by molar-refractivity contribution is 5.95. The fraction of sp³-hybridized carbons (Fsp3) is 0.292. The second-order valence-electron chi connectivity index (χ2n) is 8.08. The van der Waals surface area contributed by atoms with Gasteiger partial charge in [0, 0.05) is 37.3 Å². The van der Waals surface area contributed by atoms with Gasteiger partial charge in [-0.3, -0.25) is 4.79 Å². The lowest BCUT2D eigenvalue weighted by Crippen LogP contribution is -2.49.